The molecule has 0 atom stereocenters. The van der Waals surface area contributed by atoms with Crippen molar-refractivity contribution < 1.29 is 26.0 Å². The van der Waals surface area contributed by atoms with E-state index < -0.39 is 25.9 Å². The Morgan fingerprint density at radius 3 is 2.25 bits per heavy atom. The zero-order valence-corrected chi connectivity index (χ0v) is 17.1. The second-order valence-corrected chi connectivity index (χ2v) is 10.1. The number of sulfonamides is 2. The van der Waals surface area contributed by atoms with Crippen LogP contribution < -0.4 is 9.46 Å². The maximum atomic E-state index is 13.5. The number of nitrogens with zero attached hydrogens (tertiary/aromatic N) is 1. The van der Waals surface area contributed by atoms with E-state index in [-0.39, 0.29) is 26.8 Å². The van der Waals surface area contributed by atoms with Gasteiger partial charge in [-0.25, -0.2) is 21.2 Å². The zero-order valence-electron chi connectivity index (χ0n) is 15.5. The van der Waals surface area contributed by atoms with Crippen LogP contribution in [0.5, 0.6) is 5.75 Å². The molecular formula is C18H21FN2O5S2. The summed E-state index contributed by atoms with van der Waals surface area (Å²) in [6.07, 6.45) is 1.58. The standard InChI is InChI=1S/C18H21FN2O5S2/c1-13-11-14(5-7-16(13)19)27(22,23)20-17-12-15(6-8-18(17)26-2)28(24,25)21-9-3-4-10-21/h5-8,11-12,20H,3-4,9-10H2,1-2H3. The molecule has 0 spiro atoms. The van der Waals surface area contributed by atoms with Crippen molar-refractivity contribution >= 4 is 25.7 Å². The van der Waals surface area contributed by atoms with E-state index in [1.54, 1.807) is 0 Å². The summed E-state index contributed by atoms with van der Waals surface area (Å²) in [5.74, 6) is -0.349. The van der Waals surface area contributed by atoms with Crippen LogP contribution >= 0.6 is 0 Å². The van der Waals surface area contributed by atoms with Gasteiger partial charge in [0.1, 0.15) is 11.6 Å². The molecule has 0 radical (unpaired) electrons. The van der Waals surface area contributed by atoms with Crippen molar-refractivity contribution in [3.05, 3.63) is 47.8 Å². The third-order valence-corrected chi connectivity index (χ3v) is 7.82. The molecule has 10 heteroatoms. The van der Waals surface area contributed by atoms with Gasteiger partial charge in [0.05, 0.1) is 22.6 Å². The molecule has 1 aliphatic heterocycles. The second kappa shape index (κ2) is 7.69. The van der Waals surface area contributed by atoms with Gasteiger partial charge in [-0.2, -0.15) is 4.31 Å². The van der Waals surface area contributed by atoms with Gasteiger partial charge in [-0.3, -0.25) is 4.72 Å². The first kappa shape index (κ1) is 20.6. The number of nitrogens with one attached hydrogen (secondary N) is 1. The van der Waals surface area contributed by atoms with E-state index in [1.807, 2.05) is 0 Å². The number of rotatable bonds is 6. The van der Waals surface area contributed by atoms with Crippen LogP contribution in [-0.2, 0) is 20.0 Å². The van der Waals surface area contributed by atoms with E-state index in [4.69, 9.17) is 4.74 Å². The minimum atomic E-state index is -4.07. The summed E-state index contributed by atoms with van der Waals surface area (Å²) in [4.78, 5) is -0.163. The number of methoxy groups -OCH3 is 1. The molecule has 2 aromatic carbocycles. The van der Waals surface area contributed by atoms with Crippen molar-refractivity contribution in [2.75, 3.05) is 24.9 Å². The van der Waals surface area contributed by atoms with Gasteiger partial charge in [-0.15, -0.1) is 0 Å². The minimum absolute atomic E-state index is 0.00949. The molecule has 0 unspecified atom stereocenters. The second-order valence-electron chi connectivity index (χ2n) is 6.49. The SMILES string of the molecule is COc1ccc(S(=O)(=O)N2CCCC2)cc1NS(=O)(=O)c1ccc(F)c(C)c1. The van der Waals surface area contributed by atoms with Crippen molar-refractivity contribution in [1.82, 2.24) is 4.31 Å². The molecule has 0 aromatic heterocycles. The molecule has 3 rings (SSSR count). The summed E-state index contributed by atoms with van der Waals surface area (Å²) in [7, 11) is -6.45. The van der Waals surface area contributed by atoms with Crippen molar-refractivity contribution in [2.24, 2.45) is 0 Å². The van der Waals surface area contributed by atoms with Gasteiger partial charge in [0.15, 0.2) is 0 Å². The fourth-order valence-corrected chi connectivity index (χ4v) is 5.68. The van der Waals surface area contributed by atoms with Gasteiger partial charge in [-0.1, -0.05) is 0 Å². The largest absolute Gasteiger partial charge is 0.495 e. The molecule has 1 saturated heterocycles. The Morgan fingerprint density at radius 2 is 1.64 bits per heavy atom. The third kappa shape index (κ3) is 3.98. The van der Waals surface area contributed by atoms with Crippen LogP contribution in [0.25, 0.3) is 0 Å². The minimum Gasteiger partial charge on any atom is -0.495 e. The first-order valence-electron chi connectivity index (χ1n) is 8.62. The molecule has 28 heavy (non-hydrogen) atoms. The molecule has 0 saturated carbocycles. The van der Waals surface area contributed by atoms with Crippen LogP contribution in [0.1, 0.15) is 18.4 Å². The summed E-state index contributed by atoms with van der Waals surface area (Å²) in [6.45, 7) is 2.33. The van der Waals surface area contributed by atoms with Crippen molar-refractivity contribution in [3.63, 3.8) is 0 Å². The Bertz CT molecular complexity index is 1090. The molecule has 1 heterocycles. The van der Waals surface area contributed by atoms with Crippen LogP contribution in [0.4, 0.5) is 10.1 Å². The first-order valence-corrected chi connectivity index (χ1v) is 11.5. The van der Waals surface area contributed by atoms with E-state index in [0.29, 0.717) is 13.1 Å². The number of benzene rings is 2. The van der Waals surface area contributed by atoms with Gasteiger partial charge in [0.25, 0.3) is 10.0 Å². The molecule has 1 aliphatic rings. The van der Waals surface area contributed by atoms with E-state index >= 15 is 0 Å². The van der Waals surface area contributed by atoms with Gasteiger partial charge in [0.2, 0.25) is 10.0 Å². The lowest BCUT2D eigenvalue weighted by Crippen LogP contribution is -2.28. The van der Waals surface area contributed by atoms with Crippen molar-refractivity contribution in [2.45, 2.75) is 29.6 Å². The Labute approximate surface area is 164 Å². The van der Waals surface area contributed by atoms with Crippen molar-refractivity contribution in [3.8, 4) is 5.75 Å². The molecule has 2 aromatic rings. The molecular weight excluding hydrogens is 407 g/mol. The average Bonchev–Trinajstić information content (AvgIpc) is 3.19. The van der Waals surface area contributed by atoms with Gasteiger partial charge < -0.3 is 4.74 Å². The fourth-order valence-electron chi connectivity index (χ4n) is 2.99. The first-order chi connectivity index (χ1) is 13.1. The lowest BCUT2D eigenvalue weighted by molar-refractivity contribution is 0.416. The smallest absolute Gasteiger partial charge is 0.262 e. The lowest BCUT2D eigenvalue weighted by atomic mass is 10.2. The summed E-state index contributed by atoms with van der Waals surface area (Å²) < 4.78 is 73.3. The van der Waals surface area contributed by atoms with Gasteiger partial charge in [-0.05, 0) is 61.7 Å². The topological polar surface area (TPSA) is 92.8 Å². The van der Waals surface area contributed by atoms with Gasteiger partial charge >= 0.3 is 0 Å². The predicted octanol–water partition coefficient (Wildman–Crippen LogP) is 2.73. The monoisotopic (exact) mass is 428 g/mol. The molecule has 1 fully saturated rings. The molecule has 0 bridgehead atoms. The molecule has 0 amide bonds. The summed E-state index contributed by atoms with van der Waals surface area (Å²) in [6, 6.07) is 7.43. The Morgan fingerprint density at radius 1 is 1.00 bits per heavy atom. The molecule has 1 N–H and O–H groups in total. The fraction of sp³-hybridized carbons (Fsp3) is 0.333. The third-order valence-electron chi connectivity index (χ3n) is 4.56. The summed E-state index contributed by atoms with van der Waals surface area (Å²) in [5, 5.41) is 0. The Hall–Kier alpha value is -2.17. The van der Waals surface area contributed by atoms with Crippen LogP contribution in [0.15, 0.2) is 46.2 Å². The highest BCUT2D eigenvalue weighted by atomic mass is 32.2. The maximum Gasteiger partial charge on any atom is 0.262 e. The molecule has 152 valence electrons. The zero-order chi connectivity index (χ0) is 20.5. The number of aryl methyl sites for hydroxylation is 1. The molecule has 0 aliphatic carbocycles. The highest BCUT2D eigenvalue weighted by molar-refractivity contribution is 7.92. The maximum absolute atomic E-state index is 13.5. The van der Waals surface area contributed by atoms with Crippen molar-refractivity contribution in [1.29, 1.82) is 0 Å². The predicted molar refractivity (Wildman–Crippen MR) is 103 cm³/mol. The van der Waals surface area contributed by atoms with E-state index in [2.05, 4.69) is 4.72 Å². The van der Waals surface area contributed by atoms with Crippen LogP contribution in [0, 0.1) is 12.7 Å². The normalized spacial score (nSPS) is 15.5. The number of halogens is 1. The Balaban J connectivity index is 1.99. The summed E-state index contributed by atoms with van der Waals surface area (Å²) in [5.41, 5.74) is 0.171. The average molecular weight is 429 g/mol. The quantitative estimate of drug-likeness (QED) is 0.764. The number of anilines is 1. The highest BCUT2D eigenvalue weighted by Crippen LogP contribution is 2.32. The number of hydrogen-bond donors (Lipinski definition) is 1. The number of hydrogen-bond acceptors (Lipinski definition) is 5. The van der Waals surface area contributed by atoms with E-state index in [1.165, 1.54) is 42.6 Å². The van der Waals surface area contributed by atoms with E-state index in [0.717, 1.165) is 25.0 Å². The van der Waals surface area contributed by atoms with Gasteiger partial charge in [0, 0.05) is 13.1 Å². The van der Waals surface area contributed by atoms with Crippen LogP contribution in [-0.4, -0.2) is 41.3 Å². The number of ether oxygens (including phenoxy) is 1. The van der Waals surface area contributed by atoms with E-state index in [9.17, 15) is 21.2 Å². The summed E-state index contributed by atoms with van der Waals surface area (Å²) >= 11 is 0. The lowest BCUT2D eigenvalue weighted by Gasteiger charge is -2.18. The van der Waals surface area contributed by atoms with Crippen LogP contribution in [0.3, 0.4) is 0 Å². The van der Waals surface area contributed by atoms with Crippen LogP contribution in [0.2, 0.25) is 0 Å². The molecule has 7 nitrogen and oxygen atoms in total. The highest BCUT2D eigenvalue weighted by Gasteiger charge is 2.28. The Kier molecular flexibility index (Phi) is 5.64.